The Morgan fingerprint density at radius 1 is 0.688 bits per heavy atom. The van der Waals surface area contributed by atoms with Gasteiger partial charge in [0.05, 0.1) is 0 Å². The molecule has 0 spiro atoms. The molecule has 0 rings (SSSR count). The van der Waals surface area contributed by atoms with Gasteiger partial charge >= 0.3 is 0 Å². The van der Waals surface area contributed by atoms with Crippen LogP contribution in [0.15, 0.2) is 11.6 Å². The molecule has 16 heavy (non-hydrogen) atoms. The molecule has 0 aliphatic rings. The summed E-state index contributed by atoms with van der Waals surface area (Å²) < 4.78 is 0. The molecule has 0 saturated carbocycles. The van der Waals surface area contributed by atoms with E-state index in [0.717, 1.165) is 0 Å². The van der Waals surface area contributed by atoms with E-state index in [1.807, 2.05) is 0 Å². The van der Waals surface area contributed by atoms with Crippen LogP contribution in [-0.2, 0) is 0 Å². The van der Waals surface area contributed by atoms with Gasteiger partial charge in [-0.05, 0) is 38.5 Å². The fourth-order valence-corrected chi connectivity index (χ4v) is 2.04. The first-order valence-corrected chi connectivity index (χ1v) is 7.53. The lowest BCUT2D eigenvalue weighted by Gasteiger charge is -2.07. The molecule has 0 atom stereocenters. The van der Waals surface area contributed by atoms with Gasteiger partial charge in [-0.1, -0.05) is 64.5 Å². The van der Waals surface area contributed by atoms with E-state index in [0.29, 0.717) is 0 Å². The number of hydrogen-bond donors (Lipinski definition) is 0. The number of rotatable bonds is 11. The standard InChI is InChI=1S/C16H32/c1-4-7-10-12-15-16(13-9-6-3)14-11-8-5-2/h15H,4-14H2,1-3H3/b16-15-. The summed E-state index contributed by atoms with van der Waals surface area (Å²) in [6, 6.07) is 0. The van der Waals surface area contributed by atoms with Crippen molar-refractivity contribution < 1.29 is 0 Å². The predicted octanol–water partition coefficient (Wildman–Crippen LogP) is 6.26. The van der Waals surface area contributed by atoms with Crippen LogP contribution in [0.5, 0.6) is 0 Å². The molecule has 0 radical (unpaired) electrons. The van der Waals surface area contributed by atoms with Crippen molar-refractivity contribution in [1.29, 1.82) is 0 Å². The van der Waals surface area contributed by atoms with Crippen molar-refractivity contribution in [2.45, 2.75) is 91.4 Å². The zero-order valence-corrected chi connectivity index (χ0v) is 11.9. The van der Waals surface area contributed by atoms with Gasteiger partial charge in [0.1, 0.15) is 0 Å². The van der Waals surface area contributed by atoms with Crippen molar-refractivity contribution in [3.8, 4) is 0 Å². The largest absolute Gasteiger partial charge is 0.0853 e. The smallest absolute Gasteiger partial charge is 0.0320 e. The lowest BCUT2D eigenvalue weighted by Crippen LogP contribution is -1.87. The second-order valence-electron chi connectivity index (χ2n) is 4.92. The normalized spacial score (nSPS) is 12.1. The molecule has 0 heteroatoms. The van der Waals surface area contributed by atoms with Crippen molar-refractivity contribution in [1.82, 2.24) is 0 Å². The highest BCUT2D eigenvalue weighted by Crippen LogP contribution is 2.17. The van der Waals surface area contributed by atoms with E-state index >= 15 is 0 Å². The van der Waals surface area contributed by atoms with Gasteiger partial charge in [-0.3, -0.25) is 0 Å². The number of hydrogen-bond acceptors (Lipinski definition) is 0. The van der Waals surface area contributed by atoms with Gasteiger partial charge in [0.15, 0.2) is 0 Å². The minimum atomic E-state index is 1.32. The first-order chi connectivity index (χ1) is 7.85. The summed E-state index contributed by atoms with van der Waals surface area (Å²) in [5.41, 5.74) is 1.74. The highest BCUT2D eigenvalue weighted by atomic mass is 14.0. The minimum Gasteiger partial charge on any atom is -0.0853 e. The molecule has 0 amide bonds. The molecule has 0 aliphatic heterocycles. The van der Waals surface area contributed by atoms with Crippen molar-refractivity contribution in [3.05, 3.63) is 11.6 Å². The third-order valence-corrected chi connectivity index (χ3v) is 3.19. The zero-order valence-electron chi connectivity index (χ0n) is 11.9. The molecule has 0 aromatic carbocycles. The first-order valence-electron chi connectivity index (χ1n) is 7.53. The second-order valence-corrected chi connectivity index (χ2v) is 4.92. The van der Waals surface area contributed by atoms with E-state index in [2.05, 4.69) is 26.8 Å². The van der Waals surface area contributed by atoms with E-state index in [-0.39, 0.29) is 0 Å². The molecule has 0 aromatic rings. The van der Waals surface area contributed by atoms with Crippen LogP contribution in [0.25, 0.3) is 0 Å². The molecule has 0 heterocycles. The molecule has 0 nitrogen and oxygen atoms in total. The molecule has 0 aromatic heterocycles. The Labute approximate surface area is 104 Å². The molecular formula is C16H32. The molecule has 0 N–H and O–H groups in total. The summed E-state index contributed by atoms with van der Waals surface area (Å²) in [6.07, 6.45) is 17.6. The summed E-state index contributed by atoms with van der Waals surface area (Å²) in [5, 5.41) is 0. The van der Waals surface area contributed by atoms with Gasteiger partial charge < -0.3 is 0 Å². The zero-order chi connectivity index (χ0) is 12.1. The molecule has 0 fully saturated rings. The van der Waals surface area contributed by atoms with Gasteiger partial charge in [0.25, 0.3) is 0 Å². The maximum Gasteiger partial charge on any atom is -0.0320 e. The summed E-state index contributed by atoms with van der Waals surface area (Å²) in [4.78, 5) is 0. The van der Waals surface area contributed by atoms with Gasteiger partial charge in [-0.15, -0.1) is 0 Å². The summed E-state index contributed by atoms with van der Waals surface area (Å²) in [5.74, 6) is 0. The SMILES string of the molecule is CCCCC/C=C(/CCCC)CCCCC. The average molecular weight is 224 g/mol. The van der Waals surface area contributed by atoms with Crippen LogP contribution in [0.2, 0.25) is 0 Å². The van der Waals surface area contributed by atoms with Gasteiger partial charge in [-0.2, -0.15) is 0 Å². The molecule has 0 bridgehead atoms. The summed E-state index contributed by atoms with van der Waals surface area (Å²) in [6.45, 7) is 6.86. The number of allylic oxidation sites excluding steroid dienone is 2. The lowest BCUT2D eigenvalue weighted by molar-refractivity contribution is 0.667. The van der Waals surface area contributed by atoms with Crippen LogP contribution in [0.3, 0.4) is 0 Å². The van der Waals surface area contributed by atoms with Crippen molar-refractivity contribution in [2.75, 3.05) is 0 Å². The summed E-state index contributed by atoms with van der Waals surface area (Å²) in [7, 11) is 0. The minimum absolute atomic E-state index is 1.32. The Morgan fingerprint density at radius 2 is 1.25 bits per heavy atom. The quantitative estimate of drug-likeness (QED) is 0.287. The van der Waals surface area contributed by atoms with E-state index < -0.39 is 0 Å². The fourth-order valence-electron chi connectivity index (χ4n) is 2.04. The van der Waals surface area contributed by atoms with Crippen molar-refractivity contribution >= 4 is 0 Å². The molecule has 96 valence electrons. The first kappa shape index (κ1) is 15.7. The average Bonchev–Trinajstić information content (AvgIpc) is 2.31. The van der Waals surface area contributed by atoms with Crippen molar-refractivity contribution in [3.63, 3.8) is 0 Å². The monoisotopic (exact) mass is 224 g/mol. The van der Waals surface area contributed by atoms with Gasteiger partial charge in [0, 0.05) is 0 Å². The molecule has 0 aliphatic carbocycles. The van der Waals surface area contributed by atoms with E-state index in [4.69, 9.17) is 0 Å². The lowest BCUT2D eigenvalue weighted by atomic mass is 10.00. The third-order valence-electron chi connectivity index (χ3n) is 3.19. The van der Waals surface area contributed by atoms with Gasteiger partial charge in [-0.25, -0.2) is 0 Å². The van der Waals surface area contributed by atoms with Gasteiger partial charge in [0.2, 0.25) is 0 Å². The van der Waals surface area contributed by atoms with Crippen LogP contribution in [0.4, 0.5) is 0 Å². The predicted molar refractivity (Wildman–Crippen MR) is 75.9 cm³/mol. The van der Waals surface area contributed by atoms with E-state index in [1.165, 1.54) is 70.6 Å². The Kier molecular flexibility index (Phi) is 12.6. The van der Waals surface area contributed by atoms with E-state index in [9.17, 15) is 0 Å². The third kappa shape index (κ3) is 10.3. The van der Waals surface area contributed by atoms with Crippen LogP contribution < -0.4 is 0 Å². The van der Waals surface area contributed by atoms with Crippen LogP contribution >= 0.6 is 0 Å². The summed E-state index contributed by atoms with van der Waals surface area (Å²) >= 11 is 0. The highest BCUT2D eigenvalue weighted by Gasteiger charge is 1.97. The Morgan fingerprint density at radius 3 is 1.88 bits per heavy atom. The topological polar surface area (TPSA) is 0 Å². The molecular weight excluding hydrogens is 192 g/mol. The van der Waals surface area contributed by atoms with Crippen LogP contribution in [0, 0.1) is 0 Å². The second kappa shape index (κ2) is 12.8. The van der Waals surface area contributed by atoms with Crippen molar-refractivity contribution in [2.24, 2.45) is 0 Å². The Bertz CT molecular complexity index is 155. The molecule has 0 unspecified atom stereocenters. The van der Waals surface area contributed by atoms with Crippen LogP contribution in [0.1, 0.15) is 91.4 Å². The maximum absolute atomic E-state index is 2.54. The number of unbranched alkanes of at least 4 members (excludes halogenated alkanes) is 6. The Hall–Kier alpha value is -0.260. The highest BCUT2D eigenvalue weighted by molar-refractivity contribution is 5.01. The van der Waals surface area contributed by atoms with E-state index in [1.54, 1.807) is 5.57 Å². The van der Waals surface area contributed by atoms with Crippen LogP contribution in [-0.4, -0.2) is 0 Å². The maximum atomic E-state index is 2.54. The Balaban J connectivity index is 3.77. The fraction of sp³-hybridized carbons (Fsp3) is 0.875. The molecule has 0 saturated heterocycles.